The standard InChI is InChI=1S/C18H22N4O/c23-12-11-21-8-5-15(6-9-21)17-16-4-2-1-3-14(16)7-10-22-18(17)19-13-20-22/h1-4,13,23H,5-12H2. The van der Waals surface area contributed by atoms with E-state index in [0.29, 0.717) is 0 Å². The van der Waals surface area contributed by atoms with Gasteiger partial charge in [0.25, 0.3) is 0 Å². The minimum atomic E-state index is 0.239. The molecule has 2 aliphatic heterocycles. The van der Waals surface area contributed by atoms with Crippen LogP contribution in [0.2, 0.25) is 0 Å². The third kappa shape index (κ3) is 2.71. The van der Waals surface area contributed by atoms with E-state index in [1.54, 1.807) is 6.33 Å². The molecule has 1 aromatic carbocycles. The molecular formula is C18H22N4O. The van der Waals surface area contributed by atoms with Crippen LogP contribution in [-0.2, 0) is 13.0 Å². The smallest absolute Gasteiger partial charge is 0.158 e. The van der Waals surface area contributed by atoms with Crippen LogP contribution in [0.3, 0.4) is 0 Å². The van der Waals surface area contributed by atoms with Crippen molar-refractivity contribution in [2.75, 3.05) is 26.2 Å². The topological polar surface area (TPSA) is 54.2 Å². The average Bonchev–Trinajstić information content (AvgIpc) is 2.98. The lowest BCUT2D eigenvalue weighted by atomic mass is 9.90. The molecule has 0 aliphatic carbocycles. The summed E-state index contributed by atoms with van der Waals surface area (Å²) >= 11 is 0. The Hall–Kier alpha value is -1.98. The fourth-order valence-corrected chi connectivity index (χ4v) is 3.74. The van der Waals surface area contributed by atoms with E-state index in [1.807, 2.05) is 4.68 Å². The van der Waals surface area contributed by atoms with Crippen molar-refractivity contribution >= 4 is 5.57 Å². The van der Waals surface area contributed by atoms with Gasteiger partial charge in [0.05, 0.1) is 6.61 Å². The largest absolute Gasteiger partial charge is 0.395 e. The molecule has 120 valence electrons. The zero-order chi connectivity index (χ0) is 15.6. The van der Waals surface area contributed by atoms with Crippen LogP contribution < -0.4 is 0 Å². The minimum Gasteiger partial charge on any atom is -0.395 e. The normalized spacial score (nSPS) is 18.5. The van der Waals surface area contributed by atoms with Gasteiger partial charge in [0.15, 0.2) is 5.82 Å². The van der Waals surface area contributed by atoms with Gasteiger partial charge >= 0.3 is 0 Å². The Morgan fingerprint density at radius 1 is 1.04 bits per heavy atom. The maximum absolute atomic E-state index is 9.13. The van der Waals surface area contributed by atoms with Crippen LogP contribution in [0.5, 0.6) is 0 Å². The molecule has 23 heavy (non-hydrogen) atoms. The number of fused-ring (bicyclic) bond motifs is 2. The molecule has 3 heterocycles. The van der Waals surface area contributed by atoms with Crippen LogP contribution in [0.4, 0.5) is 0 Å². The predicted octanol–water partition coefficient (Wildman–Crippen LogP) is 1.72. The molecule has 1 saturated heterocycles. The number of aromatic nitrogens is 3. The Kier molecular flexibility index (Phi) is 3.97. The summed E-state index contributed by atoms with van der Waals surface area (Å²) in [5.41, 5.74) is 5.48. The quantitative estimate of drug-likeness (QED) is 0.918. The summed E-state index contributed by atoms with van der Waals surface area (Å²) in [5.74, 6) is 1.01. The summed E-state index contributed by atoms with van der Waals surface area (Å²) in [7, 11) is 0. The van der Waals surface area contributed by atoms with Gasteiger partial charge in [-0.1, -0.05) is 29.8 Å². The van der Waals surface area contributed by atoms with Gasteiger partial charge in [-0.15, -0.1) is 0 Å². The number of β-amino-alcohol motifs (C(OH)–C–C–N with tert-alkyl or cyclic N) is 1. The van der Waals surface area contributed by atoms with Crippen molar-refractivity contribution in [2.24, 2.45) is 0 Å². The Balaban J connectivity index is 1.78. The Labute approximate surface area is 136 Å². The monoisotopic (exact) mass is 310 g/mol. The zero-order valence-corrected chi connectivity index (χ0v) is 13.3. The molecule has 2 aromatic rings. The Morgan fingerprint density at radius 3 is 2.70 bits per heavy atom. The van der Waals surface area contributed by atoms with Crippen LogP contribution in [0.15, 0.2) is 36.2 Å². The fourth-order valence-electron chi connectivity index (χ4n) is 3.74. The molecule has 5 heteroatoms. The number of aryl methyl sites for hydroxylation is 2. The van der Waals surface area contributed by atoms with Crippen molar-refractivity contribution in [3.63, 3.8) is 0 Å². The SMILES string of the molecule is OCCN1CCC(=C2c3ccccc3CCn3ncnc32)CC1. The van der Waals surface area contributed by atoms with E-state index >= 15 is 0 Å². The molecule has 0 spiro atoms. The van der Waals surface area contributed by atoms with Gasteiger partial charge < -0.3 is 10.0 Å². The minimum absolute atomic E-state index is 0.239. The molecule has 1 aromatic heterocycles. The van der Waals surface area contributed by atoms with Crippen molar-refractivity contribution < 1.29 is 5.11 Å². The number of hydrogen-bond acceptors (Lipinski definition) is 4. The number of hydrogen-bond donors (Lipinski definition) is 1. The third-order valence-electron chi connectivity index (χ3n) is 4.95. The van der Waals surface area contributed by atoms with Crippen LogP contribution in [0.25, 0.3) is 5.57 Å². The summed E-state index contributed by atoms with van der Waals surface area (Å²) in [4.78, 5) is 6.90. The summed E-state index contributed by atoms with van der Waals surface area (Å²) < 4.78 is 2.04. The number of aliphatic hydroxyl groups excluding tert-OH is 1. The first-order valence-corrected chi connectivity index (χ1v) is 8.38. The highest BCUT2D eigenvalue weighted by atomic mass is 16.3. The first kappa shape index (κ1) is 14.6. The summed E-state index contributed by atoms with van der Waals surface area (Å²) in [6.07, 6.45) is 4.75. The molecular weight excluding hydrogens is 288 g/mol. The first-order valence-electron chi connectivity index (χ1n) is 8.38. The van der Waals surface area contributed by atoms with Crippen molar-refractivity contribution in [1.29, 1.82) is 0 Å². The van der Waals surface area contributed by atoms with E-state index in [1.165, 1.54) is 22.3 Å². The van der Waals surface area contributed by atoms with E-state index in [0.717, 1.165) is 51.3 Å². The molecule has 0 amide bonds. The van der Waals surface area contributed by atoms with E-state index in [4.69, 9.17) is 5.11 Å². The number of aliphatic hydroxyl groups is 1. The molecule has 1 fully saturated rings. The summed E-state index contributed by atoms with van der Waals surface area (Å²) in [6.45, 7) is 3.92. The summed E-state index contributed by atoms with van der Waals surface area (Å²) in [6, 6.07) is 8.68. The molecule has 4 rings (SSSR count). The van der Waals surface area contributed by atoms with Crippen LogP contribution >= 0.6 is 0 Å². The second kappa shape index (κ2) is 6.26. The molecule has 0 unspecified atom stereocenters. The van der Waals surface area contributed by atoms with Gasteiger partial charge in [0.1, 0.15) is 6.33 Å². The number of rotatable bonds is 2. The van der Waals surface area contributed by atoms with Gasteiger partial charge in [0, 0.05) is 31.8 Å². The number of piperidine rings is 1. The van der Waals surface area contributed by atoms with E-state index in [-0.39, 0.29) is 6.61 Å². The molecule has 2 aliphatic rings. The van der Waals surface area contributed by atoms with Gasteiger partial charge in [-0.2, -0.15) is 5.10 Å². The number of benzene rings is 1. The molecule has 1 N–H and O–H groups in total. The number of nitrogens with zero attached hydrogens (tertiary/aromatic N) is 4. The fraction of sp³-hybridized carbons (Fsp3) is 0.444. The van der Waals surface area contributed by atoms with E-state index in [2.05, 4.69) is 39.2 Å². The van der Waals surface area contributed by atoms with Gasteiger partial charge in [-0.05, 0) is 30.4 Å². The van der Waals surface area contributed by atoms with Gasteiger partial charge in [0.2, 0.25) is 0 Å². The van der Waals surface area contributed by atoms with Gasteiger partial charge in [-0.25, -0.2) is 9.67 Å². The van der Waals surface area contributed by atoms with Crippen LogP contribution in [0.1, 0.15) is 29.8 Å². The van der Waals surface area contributed by atoms with E-state index < -0.39 is 0 Å². The van der Waals surface area contributed by atoms with Crippen LogP contribution in [-0.4, -0.2) is 51.0 Å². The highest BCUT2D eigenvalue weighted by Gasteiger charge is 2.25. The maximum atomic E-state index is 9.13. The molecule has 0 saturated carbocycles. The molecule has 0 bridgehead atoms. The molecule has 0 radical (unpaired) electrons. The third-order valence-corrected chi connectivity index (χ3v) is 4.95. The predicted molar refractivity (Wildman–Crippen MR) is 88.9 cm³/mol. The first-order chi connectivity index (χ1) is 11.4. The second-order valence-corrected chi connectivity index (χ2v) is 6.26. The second-order valence-electron chi connectivity index (χ2n) is 6.26. The maximum Gasteiger partial charge on any atom is 0.158 e. The summed E-state index contributed by atoms with van der Waals surface area (Å²) in [5, 5.41) is 13.5. The molecule has 5 nitrogen and oxygen atoms in total. The Bertz CT molecular complexity index is 724. The van der Waals surface area contributed by atoms with Crippen molar-refractivity contribution in [3.05, 3.63) is 53.1 Å². The van der Waals surface area contributed by atoms with Crippen molar-refractivity contribution in [1.82, 2.24) is 19.7 Å². The lowest BCUT2D eigenvalue weighted by Gasteiger charge is -2.29. The van der Waals surface area contributed by atoms with Crippen LogP contribution in [0, 0.1) is 0 Å². The Morgan fingerprint density at radius 2 is 1.87 bits per heavy atom. The lowest BCUT2D eigenvalue weighted by molar-refractivity contribution is 0.187. The van der Waals surface area contributed by atoms with Crippen molar-refractivity contribution in [2.45, 2.75) is 25.8 Å². The van der Waals surface area contributed by atoms with Crippen molar-refractivity contribution in [3.8, 4) is 0 Å². The molecule has 0 atom stereocenters. The average molecular weight is 310 g/mol. The van der Waals surface area contributed by atoms with Gasteiger partial charge in [-0.3, -0.25) is 0 Å². The highest BCUT2D eigenvalue weighted by Crippen LogP contribution is 2.35. The highest BCUT2D eigenvalue weighted by molar-refractivity contribution is 5.81. The van der Waals surface area contributed by atoms with E-state index in [9.17, 15) is 0 Å². The number of likely N-dealkylation sites (tertiary alicyclic amines) is 1. The lowest BCUT2D eigenvalue weighted by Crippen LogP contribution is -2.33. The zero-order valence-electron chi connectivity index (χ0n) is 13.3.